The van der Waals surface area contributed by atoms with Crippen LogP contribution >= 0.6 is 0 Å². The maximum atomic E-state index is 17.4. The van der Waals surface area contributed by atoms with Gasteiger partial charge in [0.1, 0.15) is 42.6 Å². The number of carbonyl (C=O) groups excluding carboxylic acids is 10. The molecular weight excluding hydrogens is 1270 g/mol. The molecule has 7 amide bonds. The lowest BCUT2D eigenvalue weighted by Crippen LogP contribution is -2.57. The third-order valence-electron chi connectivity index (χ3n) is 17.3. The lowest BCUT2D eigenvalue weighted by atomic mass is 9.87. The Bertz CT molecular complexity index is 3660. The predicted molar refractivity (Wildman–Crippen MR) is 356 cm³/mol. The number of nitrogens with one attached hydrogen (secondary N) is 2. The molecule has 0 unspecified atom stereocenters. The molecule has 5 aromatic rings. The second-order valence-corrected chi connectivity index (χ2v) is 25.0. The number of benzene rings is 5. The number of fused-ring (bicyclic) bond motifs is 3. The van der Waals surface area contributed by atoms with Gasteiger partial charge in [0.15, 0.2) is 29.7 Å². The number of cyclic esters (lactones) is 2. The molecule has 3 aliphatic heterocycles. The number of hydrogen-bond donors (Lipinski definition) is 2. The topological polar surface area (TPSA) is 276 Å². The van der Waals surface area contributed by atoms with Gasteiger partial charge in [0.25, 0.3) is 11.8 Å². The summed E-state index contributed by atoms with van der Waals surface area (Å²) in [5.41, 5.74) is 0.793. The number of carbonyl (C=O) groups is 10. The highest BCUT2D eigenvalue weighted by atomic mass is 19.1. The lowest BCUT2D eigenvalue weighted by molar-refractivity contribution is -0.165. The van der Waals surface area contributed by atoms with Crippen molar-refractivity contribution in [3.8, 4) is 23.0 Å². The maximum Gasteiger partial charge on any atom is 0.415 e. The number of methoxy groups -OCH3 is 2. The molecule has 98 heavy (non-hydrogen) atoms. The van der Waals surface area contributed by atoms with E-state index in [1.165, 1.54) is 95.4 Å². The summed E-state index contributed by atoms with van der Waals surface area (Å²) in [6, 6.07) is 28.1. The monoisotopic (exact) mass is 1350 g/mol. The van der Waals surface area contributed by atoms with Crippen molar-refractivity contribution in [2.24, 2.45) is 5.41 Å². The molecule has 5 aromatic carbocycles. The summed E-state index contributed by atoms with van der Waals surface area (Å²) in [5.74, 6) is -7.62. The van der Waals surface area contributed by atoms with Crippen LogP contribution in [0.25, 0.3) is 0 Å². The Labute approximate surface area is 569 Å². The van der Waals surface area contributed by atoms with Crippen molar-refractivity contribution in [1.82, 2.24) is 35.1 Å². The number of aryl methyl sites for hydroxylation is 1. The van der Waals surface area contributed by atoms with E-state index in [4.69, 9.17) is 33.2 Å². The van der Waals surface area contributed by atoms with Crippen LogP contribution in [0.4, 0.5) is 9.18 Å². The van der Waals surface area contributed by atoms with Gasteiger partial charge < -0.3 is 68.3 Å². The summed E-state index contributed by atoms with van der Waals surface area (Å²) in [6.45, 7) is 2.39. The fraction of sp³-hybridized carbons (Fsp3) is 0.425. The van der Waals surface area contributed by atoms with Crippen LogP contribution < -0.4 is 29.6 Å². The Morgan fingerprint density at radius 1 is 0.673 bits per heavy atom. The first-order valence-electron chi connectivity index (χ1n) is 32.6. The van der Waals surface area contributed by atoms with E-state index in [1.807, 2.05) is 0 Å². The molecular formula is C73H86FN7O17. The molecule has 25 heteroatoms. The van der Waals surface area contributed by atoms with Crippen molar-refractivity contribution in [2.45, 2.75) is 102 Å². The van der Waals surface area contributed by atoms with Gasteiger partial charge in [-0.3, -0.25) is 33.6 Å². The van der Waals surface area contributed by atoms with Gasteiger partial charge in [0.2, 0.25) is 29.4 Å². The SMILES string of the molecule is COc1ccc(CC[C@H]2OC(=O)[C@@H]3CCCCN3C(=O)C(=O)C(C)(C)COC(=O)C=CCCN(C)C(=O)[C@@H](Cc3ccccc3)NC(=O)CN(C)C(=O)[C@@H](Cc3ccccc3)NC(=O)[C@H](Cc3ccc(OC(=O)N4CCOCC4)cc3)N(C)C(=O)COc3cccc2c3F)cc1OC. The van der Waals surface area contributed by atoms with Crippen LogP contribution in [0.2, 0.25) is 0 Å². The normalized spacial score (nSPS) is 21.2. The van der Waals surface area contributed by atoms with E-state index in [0.717, 1.165) is 26.3 Å². The second kappa shape index (κ2) is 35.2. The van der Waals surface area contributed by atoms with Crippen molar-refractivity contribution in [1.29, 1.82) is 0 Å². The molecule has 3 heterocycles. The van der Waals surface area contributed by atoms with E-state index in [-0.39, 0.29) is 69.3 Å². The smallest absolute Gasteiger partial charge is 0.415 e. The van der Waals surface area contributed by atoms with Crippen LogP contribution in [0.1, 0.15) is 79.9 Å². The van der Waals surface area contributed by atoms with E-state index in [9.17, 15) is 43.2 Å². The summed E-state index contributed by atoms with van der Waals surface area (Å²) in [4.78, 5) is 148. The van der Waals surface area contributed by atoms with Gasteiger partial charge in [-0.15, -0.1) is 0 Å². The fourth-order valence-electron chi connectivity index (χ4n) is 11.6. The number of hydrogen-bond acceptors (Lipinski definition) is 17. The first-order chi connectivity index (χ1) is 47.0. The van der Waals surface area contributed by atoms with Crippen molar-refractivity contribution >= 4 is 59.3 Å². The van der Waals surface area contributed by atoms with E-state index in [1.54, 1.807) is 91.0 Å². The Morgan fingerprint density at radius 3 is 1.97 bits per heavy atom. The molecule has 522 valence electrons. The van der Waals surface area contributed by atoms with Crippen LogP contribution in [-0.2, 0) is 83.0 Å². The average Bonchev–Trinajstić information content (AvgIpc) is 0.813. The first kappa shape index (κ1) is 73.6. The number of amides is 7. The van der Waals surface area contributed by atoms with E-state index in [0.29, 0.717) is 67.3 Å². The van der Waals surface area contributed by atoms with Gasteiger partial charge >= 0.3 is 18.0 Å². The Hall–Kier alpha value is -10.2. The standard InChI is InChI=1S/C73H86FN7O17/c1-73(2)47-96-64(84)26-15-16-35-77(3)68(87)54(41-48-19-10-8-11-20-48)75-62(82)45-78(4)69(88)55(42-49-21-12-9-13-22-49)76-67(86)57(43-50-27-31-52(32-28-50)97-72(91)80-37-39-94-40-38-80)79(5)63(83)46-95-60-25-18-23-53(65(60)74)58(33-29-51-30-34-59(92-6)61(44-51)93-7)98-71(90)56-24-14-17-36-81(56)70(89)66(73)85/h8-13,15,18-23,25-28,30-32,34,44,54-58H,14,16-17,24,29,33,35-43,45-47H2,1-7H3,(H,75,82)(H,76,86)/t54-,55-,56+,57+,58-/m1/s1. The lowest BCUT2D eigenvalue weighted by Gasteiger charge is -2.36. The molecule has 2 N–H and O–H groups in total. The molecule has 2 fully saturated rings. The molecule has 8 rings (SSSR count). The van der Waals surface area contributed by atoms with E-state index < -0.39 is 126 Å². The minimum Gasteiger partial charge on any atom is -0.493 e. The third-order valence-corrected chi connectivity index (χ3v) is 17.3. The molecule has 3 aliphatic rings. The number of morpholine rings is 1. The van der Waals surface area contributed by atoms with Crippen LogP contribution in [0.3, 0.4) is 0 Å². The third kappa shape index (κ3) is 20.2. The molecule has 2 saturated heterocycles. The van der Waals surface area contributed by atoms with Crippen molar-refractivity contribution in [2.75, 3.05) is 94.5 Å². The van der Waals surface area contributed by atoms with Crippen molar-refractivity contribution < 1.29 is 85.5 Å². The summed E-state index contributed by atoms with van der Waals surface area (Å²) in [7, 11) is 7.20. The molecule has 5 atom stereocenters. The number of piperidine rings is 1. The number of ether oxygens (including phenoxy) is 7. The minimum atomic E-state index is -1.58. The van der Waals surface area contributed by atoms with Gasteiger partial charge in [-0.1, -0.05) is 97.1 Å². The maximum absolute atomic E-state index is 17.4. The van der Waals surface area contributed by atoms with Gasteiger partial charge in [0, 0.05) is 78.2 Å². The molecule has 0 saturated carbocycles. The van der Waals surface area contributed by atoms with Crippen LogP contribution in [-0.4, -0.2) is 202 Å². The van der Waals surface area contributed by atoms with Gasteiger partial charge in [0.05, 0.1) is 39.4 Å². The second-order valence-electron chi connectivity index (χ2n) is 25.0. The Balaban J connectivity index is 1.13. The van der Waals surface area contributed by atoms with Crippen LogP contribution in [0.15, 0.2) is 133 Å². The van der Waals surface area contributed by atoms with Crippen LogP contribution in [0.5, 0.6) is 23.0 Å². The van der Waals surface area contributed by atoms with Crippen molar-refractivity contribution in [3.05, 3.63) is 167 Å². The summed E-state index contributed by atoms with van der Waals surface area (Å²) in [5, 5.41) is 5.66. The number of Topliss-reactive ketones (excluding diaryl/α,β-unsaturated/α-hetero) is 1. The highest BCUT2D eigenvalue weighted by molar-refractivity contribution is 6.38. The Kier molecular flexibility index (Phi) is 26.4. The molecule has 0 radical (unpaired) electrons. The quantitative estimate of drug-likeness (QED) is 0.104. The Morgan fingerprint density at radius 2 is 1.31 bits per heavy atom. The van der Waals surface area contributed by atoms with E-state index in [2.05, 4.69) is 10.6 Å². The number of ketones is 1. The summed E-state index contributed by atoms with van der Waals surface area (Å²) in [6.07, 6.45) is 1.77. The summed E-state index contributed by atoms with van der Waals surface area (Å²) < 4.78 is 57.0. The molecule has 24 nitrogen and oxygen atoms in total. The zero-order valence-electron chi connectivity index (χ0n) is 56.4. The summed E-state index contributed by atoms with van der Waals surface area (Å²) >= 11 is 0. The molecule has 0 spiro atoms. The average molecular weight is 1350 g/mol. The van der Waals surface area contributed by atoms with Gasteiger partial charge in [-0.05, 0) is 105 Å². The largest absolute Gasteiger partial charge is 0.493 e. The zero-order valence-corrected chi connectivity index (χ0v) is 56.4. The van der Waals surface area contributed by atoms with Crippen LogP contribution in [0, 0.1) is 11.2 Å². The highest BCUT2D eigenvalue weighted by Crippen LogP contribution is 2.35. The number of nitrogens with zero attached hydrogens (tertiary/aromatic N) is 5. The number of likely N-dealkylation sites (N-methyl/N-ethyl adjacent to an activating group) is 3. The van der Waals surface area contributed by atoms with Crippen molar-refractivity contribution in [3.63, 3.8) is 0 Å². The predicted octanol–water partition coefficient (Wildman–Crippen LogP) is 6.19. The number of halogens is 1. The number of esters is 2. The van der Waals surface area contributed by atoms with Gasteiger partial charge in [-0.2, -0.15) is 0 Å². The first-order valence-corrected chi connectivity index (χ1v) is 32.6. The highest BCUT2D eigenvalue weighted by Gasteiger charge is 2.43. The molecule has 2 bridgehead atoms. The zero-order chi connectivity index (χ0) is 70.5. The number of rotatable bonds is 12. The fourth-order valence-corrected chi connectivity index (χ4v) is 11.6. The minimum absolute atomic E-state index is 0.00112. The van der Waals surface area contributed by atoms with Gasteiger partial charge in [-0.25, -0.2) is 18.8 Å². The molecule has 0 aromatic heterocycles. The van der Waals surface area contributed by atoms with E-state index >= 15 is 9.18 Å². The molecule has 0 aliphatic carbocycles.